The predicted molar refractivity (Wildman–Crippen MR) is 88.3 cm³/mol. The van der Waals surface area contributed by atoms with Crippen LogP contribution in [0.3, 0.4) is 0 Å². The van der Waals surface area contributed by atoms with Crippen LogP contribution in [0.1, 0.15) is 17.0 Å². The summed E-state index contributed by atoms with van der Waals surface area (Å²) in [5.41, 5.74) is 13.2. The van der Waals surface area contributed by atoms with Crippen LogP contribution in [0.15, 0.2) is 47.9 Å². The molecule has 1 atom stereocenters. The van der Waals surface area contributed by atoms with E-state index in [2.05, 4.69) is 0 Å². The van der Waals surface area contributed by atoms with Crippen molar-refractivity contribution in [3.8, 4) is 11.8 Å². The summed E-state index contributed by atoms with van der Waals surface area (Å²) in [4.78, 5) is 10.6. The van der Waals surface area contributed by atoms with E-state index in [4.69, 9.17) is 27.8 Å². The molecule has 0 bridgehead atoms. The second-order valence-electron chi connectivity index (χ2n) is 5.19. The summed E-state index contributed by atoms with van der Waals surface area (Å²) in [7, 11) is 0. The molecule has 0 saturated carbocycles. The summed E-state index contributed by atoms with van der Waals surface area (Å²) in [5.74, 6) is -0.248. The molecule has 0 amide bonds. The zero-order chi connectivity index (χ0) is 17.4. The molecule has 0 unspecified atom stereocenters. The van der Waals surface area contributed by atoms with Gasteiger partial charge >= 0.3 is 0 Å². The van der Waals surface area contributed by atoms with Crippen LogP contribution in [0.5, 0.6) is 5.75 Å². The van der Waals surface area contributed by atoms with Crippen molar-refractivity contribution in [1.82, 2.24) is 0 Å². The van der Waals surface area contributed by atoms with Gasteiger partial charge in [-0.05, 0) is 17.7 Å². The highest BCUT2D eigenvalue weighted by Gasteiger charge is 2.32. The standard InChI is InChI=1S/C16H11ClN4O3/c17-12-4-1-8(5-13(12)21(22)23)15-10-3-2-9(19)6-14(10)24-16(20)11(15)7-18/h1-6,15H,19-20H2/t15-/m1/s1. The summed E-state index contributed by atoms with van der Waals surface area (Å²) < 4.78 is 5.46. The van der Waals surface area contributed by atoms with Gasteiger partial charge in [-0.2, -0.15) is 5.26 Å². The molecule has 24 heavy (non-hydrogen) atoms. The Kier molecular flexibility index (Phi) is 3.75. The minimum absolute atomic E-state index is 0.0174. The van der Waals surface area contributed by atoms with Gasteiger partial charge in [0.25, 0.3) is 5.69 Å². The van der Waals surface area contributed by atoms with Gasteiger partial charge in [-0.3, -0.25) is 10.1 Å². The Hall–Kier alpha value is -3.24. The molecule has 0 aliphatic carbocycles. The topological polar surface area (TPSA) is 128 Å². The van der Waals surface area contributed by atoms with E-state index in [1.165, 1.54) is 12.1 Å². The normalized spacial score (nSPS) is 16.1. The molecule has 2 aromatic rings. The number of hydrogen-bond donors (Lipinski definition) is 2. The lowest BCUT2D eigenvalue weighted by Gasteiger charge is -2.26. The fourth-order valence-corrected chi connectivity index (χ4v) is 2.85. The minimum atomic E-state index is -0.602. The van der Waals surface area contributed by atoms with Crippen LogP contribution in [-0.4, -0.2) is 4.92 Å². The number of ether oxygens (including phenoxy) is 1. The second kappa shape index (κ2) is 5.76. The fraction of sp³-hybridized carbons (Fsp3) is 0.0625. The van der Waals surface area contributed by atoms with Gasteiger partial charge in [0.1, 0.15) is 22.4 Å². The number of anilines is 1. The van der Waals surface area contributed by atoms with Crippen molar-refractivity contribution in [3.05, 3.63) is 74.1 Å². The third-order valence-electron chi connectivity index (χ3n) is 3.74. The van der Waals surface area contributed by atoms with Gasteiger partial charge in [0.05, 0.1) is 10.8 Å². The quantitative estimate of drug-likeness (QED) is 0.490. The van der Waals surface area contributed by atoms with Crippen LogP contribution in [0, 0.1) is 21.4 Å². The van der Waals surface area contributed by atoms with E-state index in [0.717, 1.165) is 0 Å². The molecule has 3 rings (SSSR count). The number of nitrogens with two attached hydrogens (primary N) is 2. The zero-order valence-corrected chi connectivity index (χ0v) is 12.9. The molecule has 0 spiro atoms. The van der Waals surface area contributed by atoms with E-state index < -0.39 is 10.8 Å². The highest BCUT2D eigenvalue weighted by atomic mass is 35.5. The van der Waals surface area contributed by atoms with Crippen molar-refractivity contribution < 1.29 is 9.66 Å². The molecule has 7 nitrogen and oxygen atoms in total. The lowest BCUT2D eigenvalue weighted by atomic mass is 9.83. The molecule has 0 radical (unpaired) electrons. The third kappa shape index (κ3) is 2.49. The number of allylic oxidation sites excluding steroid dienone is 1. The minimum Gasteiger partial charge on any atom is -0.440 e. The van der Waals surface area contributed by atoms with Crippen LogP contribution in [0.25, 0.3) is 0 Å². The molecule has 0 saturated heterocycles. The SMILES string of the molecule is N#CC1=C(N)Oc2cc(N)ccc2[C@H]1c1ccc(Cl)c([N+](=O)[O-])c1. The van der Waals surface area contributed by atoms with Gasteiger partial charge in [-0.25, -0.2) is 0 Å². The number of nitrogens with zero attached hydrogens (tertiary/aromatic N) is 2. The van der Waals surface area contributed by atoms with Gasteiger partial charge in [0.2, 0.25) is 5.88 Å². The molecule has 1 heterocycles. The summed E-state index contributed by atoms with van der Waals surface area (Å²) in [6.45, 7) is 0. The smallest absolute Gasteiger partial charge is 0.288 e. The fourth-order valence-electron chi connectivity index (χ4n) is 2.66. The summed E-state index contributed by atoms with van der Waals surface area (Å²) in [6, 6.07) is 11.4. The zero-order valence-electron chi connectivity index (χ0n) is 12.2. The molecule has 1 aliphatic heterocycles. The highest BCUT2D eigenvalue weighted by molar-refractivity contribution is 6.32. The number of fused-ring (bicyclic) bond motifs is 1. The first-order valence-electron chi connectivity index (χ1n) is 6.83. The third-order valence-corrected chi connectivity index (χ3v) is 4.06. The number of halogens is 1. The van der Waals surface area contributed by atoms with Crippen molar-refractivity contribution in [3.63, 3.8) is 0 Å². The largest absolute Gasteiger partial charge is 0.440 e. The van der Waals surface area contributed by atoms with Crippen LogP contribution in [0.2, 0.25) is 5.02 Å². The van der Waals surface area contributed by atoms with E-state index in [1.807, 2.05) is 6.07 Å². The van der Waals surface area contributed by atoms with Crippen molar-refractivity contribution in [1.29, 1.82) is 5.26 Å². The predicted octanol–water partition coefficient (Wildman–Crippen LogP) is 3.05. The Morgan fingerprint density at radius 1 is 1.25 bits per heavy atom. The Balaban J connectivity index is 2.24. The number of nitriles is 1. The molecule has 120 valence electrons. The van der Waals surface area contributed by atoms with Crippen molar-refractivity contribution in [2.75, 3.05) is 5.73 Å². The number of hydrogen-bond acceptors (Lipinski definition) is 6. The molecule has 0 aromatic heterocycles. The first kappa shape index (κ1) is 15.6. The Morgan fingerprint density at radius 2 is 2.00 bits per heavy atom. The van der Waals surface area contributed by atoms with Gasteiger partial charge in [-0.15, -0.1) is 0 Å². The Morgan fingerprint density at radius 3 is 2.67 bits per heavy atom. The van der Waals surface area contributed by atoms with Crippen LogP contribution in [0.4, 0.5) is 11.4 Å². The Labute approximate surface area is 141 Å². The first-order chi connectivity index (χ1) is 11.4. The maximum absolute atomic E-state index is 11.1. The lowest BCUT2D eigenvalue weighted by molar-refractivity contribution is -0.384. The number of benzene rings is 2. The number of nitro groups is 1. The van der Waals surface area contributed by atoms with Crippen molar-refractivity contribution >= 4 is 23.0 Å². The van der Waals surface area contributed by atoms with Crippen LogP contribution in [-0.2, 0) is 0 Å². The number of nitrogen functional groups attached to an aromatic ring is 1. The van der Waals surface area contributed by atoms with Gasteiger partial charge in [0.15, 0.2) is 0 Å². The summed E-state index contributed by atoms with van der Waals surface area (Å²) in [6.07, 6.45) is 0. The Bertz CT molecular complexity index is 933. The van der Waals surface area contributed by atoms with Crippen LogP contribution < -0.4 is 16.2 Å². The lowest BCUT2D eigenvalue weighted by Crippen LogP contribution is -2.21. The van der Waals surface area contributed by atoms with E-state index in [9.17, 15) is 15.4 Å². The molecule has 1 aliphatic rings. The first-order valence-corrected chi connectivity index (χ1v) is 7.21. The summed E-state index contributed by atoms with van der Waals surface area (Å²) >= 11 is 5.87. The number of nitro benzene ring substituents is 1. The molecule has 4 N–H and O–H groups in total. The average Bonchev–Trinajstić information content (AvgIpc) is 2.53. The molecular formula is C16H11ClN4O3. The van der Waals surface area contributed by atoms with E-state index in [-0.39, 0.29) is 22.2 Å². The molecule has 0 fully saturated rings. The van der Waals surface area contributed by atoms with E-state index >= 15 is 0 Å². The van der Waals surface area contributed by atoms with Gasteiger partial charge in [0, 0.05) is 23.4 Å². The van der Waals surface area contributed by atoms with Crippen molar-refractivity contribution in [2.24, 2.45) is 5.73 Å². The average molecular weight is 343 g/mol. The van der Waals surface area contributed by atoms with E-state index in [1.54, 1.807) is 24.3 Å². The van der Waals surface area contributed by atoms with E-state index in [0.29, 0.717) is 22.6 Å². The maximum Gasteiger partial charge on any atom is 0.288 e. The molecule has 2 aromatic carbocycles. The van der Waals surface area contributed by atoms with Crippen molar-refractivity contribution in [2.45, 2.75) is 5.92 Å². The van der Waals surface area contributed by atoms with Gasteiger partial charge in [-0.1, -0.05) is 23.7 Å². The second-order valence-corrected chi connectivity index (χ2v) is 5.60. The summed E-state index contributed by atoms with van der Waals surface area (Å²) in [5, 5.41) is 20.6. The molecular weight excluding hydrogens is 332 g/mol. The number of rotatable bonds is 2. The maximum atomic E-state index is 11.1. The highest BCUT2D eigenvalue weighted by Crippen LogP contribution is 2.44. The van der Waals surface area contributed by atoms with Crippen LogP contribution >= 0.6 is 11.6 Å². The van der Waals surface area contributed by atoms with Gasteiger partial charge < -0.3 is 16.2 Å². The molecule has 8 heteroatoms. The monoisotopic (exact) mass is 342 g/mol.